The molecular formula is C24H31N3O4. The zero-order valence-electron chi connectivity index (χ0n) is 18.1. The molecule has 0 saturated heterocycles. The predicted molar refractivity (Wildman–Crippen MR) is 118 cm³/mol. The van der Waals surface area contributed by atoms with Crippen molar-refractivity contribution in [3.63, 3.8) is 0 Å². The van der Waals surface area contributed by atoms with Crippen LogP contribution in [0.15, 0.2) is 54.9 Å². The van der Waals surface area contributed by atoms with Gasteiger partial charge < -0.3 is 15.7 Å². The largest absolute Gasteiger partial charge is 0.389 e. The third-order valence-corrected chi connectivity index (χ3v) is 5.32. The summed E-state index contributed by atoms with van der Waals surface area (Å²) in [5.41, 5.74) is 1.79. The maximum Gasteiger partial charge on any atom is 0.243 e. The highest BCUT2D eigenvalue weighted by Gasteiger charge is 2.29. The molecule has 0 radical (unpaired) electrons. The number of Topliss-reactive ketones (excluding diaryl/α,β-unsaturated/α-hetero) is 1. The average Bonchev–Trinajstić information content (AvgIpc) is 2.80. The lowest BCUT2D eigenvalue weighted by molar-refractivity contribution is -0.133. The fourth-order valence-electron chi connectivity index (χ4n) is 3.26. The maximum atomic E-state index is 13.0. The molecule has 2 aromatic rings. The van der Waals surface area contributed by atoms with Crippen LogP contribution in [0.3, 0.4) is 0 Å². The van der Waals surface area contributed by atoms with Gasteiger partial charge in [0.15, 0.2) is 5.78 Å². The van der Waals surface area contributed by atoms with E-state index < -0.39 is 30.4 Å². The van der Waals surface area contributed by atoms with Gasteiger partial charge >= 0.3 is 0 Å². The quantitative estimate of drug-likeness (QED) is 0.481. The summed E-state index contributed by atoms with van der Waals surface area (Å²) in [7, 11) is 0. The molecule has 0 saturated carbocycles. The van der Waals surface area contributed by atoms with Crippen LogP contribution in [0.25, 0.3) is 0 Å². The Hall–Kier alpha value is -3.06. The van der Waals surface area contributed by atoms with Crippen molar-refractivity contribution in [1.82, 2.24) is 15.6 Å². The zero-order chi connectivity index (χ0) is 22.6. The van der Waals surface area contributed by atoms with E-state index in [0.717, 1.165) is 11.1 Å². The molecule has 1 unspecified atom stereocenters. The van der Waals surface area contributed by atoms with Crippen LogP contribution in [0.2, 0.25) is 0 Å². The van der Waals surface area contributed by atoms with Gasteiger partial charge in [0.1, 0.15) is 12.6 Å². The van der Waals surface area contributed by atoms with Crippen molar-refractivity contribution in [3.8, 4) is 0 Å². The molecule has 7 heteroatoms. The van der Waals surface area contributed by atoms with Gasteiger partial charge in [-0.15, -0.1) is 0 Å². The first-order valence-electron chi connectivity index (χ1n) is 10.6. The third kappa shape index (κ3) is 7.94. The SMILES string of the molecule is CCC(C)[C@H](NC(=O)Cc1cccnc1)C(=O)N[C@@H](CCc1ccccc1)C(=O)CO. The van der Waals surface area contributed by atoms with Crippen LogP contribution in [-0.4, -0.2) is 46.4 Å². The molecule has 2 amide bonds. The summed E-state index contributed by atoms with van der Waals surface area (Å²) in [5, 5.41) is 14.9. The Bertz CT molecular complexity index is 842. The number of hydrogen-bond donors (Lipinski definition) is 3. The number of carbonyl (C=O) groups is 3. The van der Waals surface area contributed by atoms with E-state index in [4.69, 9.17) is 0 Å². The molecule has 3 N–H and O–H groups in total. The molecule has 0 spiro atoms. The smallest absolute Gasteiger partial charge is 0.243 e. The molecular weight excluding hydrogens is 394 g/mol. The molecule has 1 aromatic heterocycles. The average molecular weight is 426 g/mol. The number of nitrogens with zero attached hydrogens (tertiary/aromatic N) is 1. The van der Waals surface area contributed by atoms with E-state index in [0.29, 0.717) is 19.3 Å². The number of nitrogens with one attached hydrogen (secondary N) is 2. The van der Waals surface area contributed by atoms with Gasteiger partial charge in [-0.2, -0.15) is 0 Å². The molecule has 166 valence electrons. The van der Waals surface area contributed by atoms with Gasteiger partial charge in [0, 0.05) is 12.4 Å². The lowest BCUT2D eigenvalue weighted by Gasteiger charge is -2.26. The monoisotopic (exact) mass is 425 g/mol. The third-order valence-electron chi connectivity index (χ3n) is 5.32. The second-order valence-electron chi connectivity index (χ2n) is 7.68. The second kappa shape index (κ2) is 12.6. The fourth-order valence-corrected chi connectivity index (χ4v) is 3.26. The van der Waals surface area contributed by atoms with Crippen LogP contribution in [-0.2, 0) is 27.2 Å². The molecule has 0 aliphatic heterocycles. The van der Waals surface area contributed by atoms with Crippen LogP contribution in [0.5, 0.6) is 0 Å². The van der Waals surface area contributed by atoms with Gasteiger partial charge in [0.05, 0.1) is 12.5 Å². The van der Waals surface area contributed by atoms with E-state index in [2.05, 4.69) is 15.6 Å². The van der Waals surface area contributed by atoms with Crippen molar-refractivity contribution in [1.29, 1.82) is 0 Å². The summed E-state index contributed by atoms with van der Waals surface area (Å²) in [6.07, 6.45) is 4.97. The fraction of sp³-hybridized carbons (Fsp3) is 0.417. The van der Waals surface area contributed by atoms with Crippen molar-refractivity contribution >= 4 is 17.6 Å². The second-order valence-corrected chi connectivity index (χ2v) is 7.68. The Balaban J connectivity index is 2.04. The zero-order valence-corrected chi connectivity index (χ0v) is 18.1. The summed E-state index contributed by atoms with van der Waals surface area (Å²) in [6.45, 7) is 3.16. The van der Waals surface area contributed by atoms with E-state index in [-0.39, 0.29) is 18.2 Å². The number of ketones is 1. The summed E-state index contributed by atoms with van der Waals surface area (Å²) >= 11 is 0. The number of aromatic nitrogens is 1. The number of carbonyl (C=O) groups excluding carboxylic acids is 3. The summed E-state index contributed by atoms with van der Waals surface area (Å²) in [6, 6.07) is 11.6. The normalized spacial score (nSPS) is 13.6. The number of aryl methyl sites for hydroxylation is 1. The number of aliphatic hydroxyl groups excluding tert-OH is 1. The van der Waals surface area contributed by atoms with Crippen LogP contribution < -0.4 is 10.6 Å². The Labute approximate surface area is 183 Å². The Morgan fingerprint density at radius 3 is 2.35 bits per heavy atom. The highest BCUT2D eigenvalue weighted by Crippen LogP contribution is 2.11. The molecule has 1 aromatic carbocycles. The van der Waals surface area contributed by atoms with Crippen molar-refractivity contribution in [3.05, 3.63) is 66.0 Å². The van der Waals surface area contributed by atoms with Crippen LogP contribution in [0.4, 0.5) is 0 Å². The highest BCUT2D eigenvalue weighted by atomic mass is 16.3. The van der Waals surface area contributed by atoms with Gasteiger partial charge in [-0.3, -0.25) is 19.4 Å². The topological polar surface area (TPSA) is 108 Å². The number of aliphatic hydroxyl groups is 1. The van der Waals surface area contributed by atoms with Crippen LogP contribution in [0, 0.1) is 5.92 Å². The number of hydrogen-bond acceptors (Lipinski definition) is 5. The predicted octanol–water partition coefficient (Wildman–Crippen LogP) is 1.83. The minimum Gasteiger partial charge on any atom is -0.389 e. The molecule has 0 bridgehead atoms. The standard InChI is InChI=1S/C24H31N3O4/c1-3-17(2)23(27-22(30)14-19-10-7-13-25-15-19)24(31)26-20(21(29)16-28)12-11-18-8-5-4-6-9-18/h4-10,13,15,17,20,23,28H,3,11-12,14,16H2,1-2H3,(H,26,31)(H,27,30)/t17?,20-,23-/m0/s1. The van der Waals surface area contributed by atoms with E-state index in [1.807, 2.05) is 44.2 Å². The van der Waals surface area contributed by atoms with Gasteiger partial charge in [-0.05, 0) is 36.0 Å². The minimum atomic E-state index is -0.820. The van der Waals surface area contributed by atoms with Crippen LogP contribution >= 0.6 is 0 Å². The Morgan fingerprint density at radius 1 is 1.03 bits per heavy atom. The van der Waals surface area contributed by atoms with E-state index in [1.165, 1.54) is 0 Å². The Morgan fingerprint density at radius 2 is 1.74 bits per heavy atom. The first kappa shape index (κ1) is 24.2. The Kier molecular flexibility index (Phi) is 9.84. The maximum absolute atomic E-state index is 13.0. The van der Waals surface area contributed by atoms with E-state index in [1.54, 1.807) is 24.5 Å². The molecule has 2 rings (SSSR count). The molecule has 1 heterocycles. The van der Waals surface area contributed by atoms with Gasteiger partial charge in [-0.1, -0.05) is 56.7 Å². The highest BCUT2D eigenvalue weighted by molar-refractivity contribution is 5.93. The lowest BCUT2D eigenvalue weighted by atomic mass is 9.96. The van der Waals surface area contributed by atoms with Gasteiger partial charge in [0.25, 0.3) is 0 Å². The van der Waals surface area contributed by atoms with Crippen molar-refractivity contribution < 1.29 is 19.5 Å². The first-order chi connectivity index (χ1) is 14.9. The van der Waals surface area contributed by atoms with Gasteiger partial charge in [-0.25, -0.2) is 0 Å². The van der Waals surface area contributed by atoms with Crippen molar-refractivity contribution in [2.24, 2.45) is 5.92 Å². The number of pyridine rings is 1. The molecule has 0 aliphatic rings. The van der Waals surface area contributed by atoms with Gasteiger partial charge in [0.2, 0.25) is 11.8 Å². The van der Waals surface area contributed by atoms with Crippen LogP contribution in [0.1, 0.15) is 37.8 Å². The molecule has 7 nitrogen and oxygen atoms in total. The molecule has 0 fully saturated rings. The lowest BCUT2D eigenvalue weighted by Crippen LogP contribution is -2.54. The first-order valence-corrected chi connectivity index (χ1v) is 10.6. The minimum absolute atomic E-state index is 0.112. The summed E-state index contributed by atoms with van der Waals surface area (Å²) in [4.78, 5) is 41.7. The molecule has 31 heavy (non-hydrogen) atoms. The van der Waals surface area contributed by atoms with Crippen molar-refractivity contribution in [2.75, 3.05) is 6.61 Å². The summed E-state index contributed by atoms with van der Waals surface area (Å²) < 4.78 is 0. The summed E-state index contributed by atoms with van der Waals surface area (Å²) in [5.74, 6) is -1.29. The number of amides is 2. The number of rotatable bonds is 12. The molecule has 0 aliphatic carbocycles. The molecule has 3 atom stereocenters. The number of benzene rings is 1. The van der Waals surface area contributed by atoms with E-state index >= 15 is 0 Å². The van der Waals surface area contributed by atoms with E-state index in [9.17, 15) is 19.5 Å². The van der Waals surface area contributed by atoms with Crippen molar-refractivity contribution in [2.45, 2.75) is 51.6 Å².